The number of carbonyl (C=O) groups is 2. The molecule has 146 valence electrons. The molecule has 1 aliphatic heterocycles. The first kappa shape index (κ1) is 18.5. The van der Waals surface area contributed by atoms with Crippen LogP contribution in [0.1, 0.15) is 36.8 Å². The van der Waals surface area contributed by atoms with Gasteiger partial charge in [-0.25, -0.2) is 4.79 Å². The van der Waals surface area contributed by atoms with Crippen LogP contribution in [0.5, 0.6) is 0 Å². The van der Waals surface area contributed by atoms with Crippen molar-refractivity contribution >= 4 is 12.1 Å². The van der Waals surface area contributed by atoms with Crippen LogP contribution >= 0.6 is 0 Å². The molecule has 0 saturated carbocycles. The highest BCUT2D eigenvalue weighted by Crippen LogP contribution is 2.44. The fourth-order valence-electron chi connectivity index (χ4n) is 4.33. The molecule has 28 heavy (non-hydrogen) atoms. The normalized spacial score (nSPS) is 23.1. The molecule has 2 aromatic rings. The zero-order chi connectivity index (χ0) is 19.7. The van der Waals surface area contributed by atoms with Crippen molar-refractivity contribution in [3.63, 3.8) is 0 Å². The Bertz CT molecular complexity index is 866. The molecular weight excluding hydrogens is 358 g/mol. The highest BCUT2D eigenvalue weighted by atomic mass is 16.6. The van der Waals surface area contributed by atoms with Crippen LogP contribution in [0.15, 0.2) is 48.5 Å². The number of rotatable bonds is 5. The summed E-state index contributed by atoms with van der Waals surface area (Å²) in [6, 6.07) is 16.2. The van der Waals surface area contributed by atoms with Crippen molar-refractivity contribution in [3.05, 3.63) is 59.7 Å². The molecule has 0 bridgehead atoms. The largest absolute Gasteiger partial charge is 0.481 e. The topological polar surface area (TPSA) is 84.9 Å². The minimum absolute atomic E-state index is 0.0363. The quantitative estimate of drug-likeness (QED) is 0.827. The van der Waals surface area contributed by atoms with E-state index >= 15 is 0 Å². The Hall–Kier alpha value is -2.86. The van der Waals surface area contributed by atoms with Crippen molar-refractivity contribution in [2.75, 3.05) is 13.2 Å². The predicted octanol–water partition coefficient (Wildman–Crippen LogP) is 3.55. The van der Waals surface area contributed by atoms with Crippen LogP contribution in [0.25, 0.3) is 11.1 Å². The third-order valence-electron chi connectivity index (χ3n) is 5.86. The van der Waals surface area contributed by atoms with Gasteiger partial charge < -0.3 is 19.9 Å². The zero-order valence-electron chi connectivity index (χ0n) is 15.7. The average molecular weight is 381 g/mol. The van der Waals surface area contributed by atoms with Crippen molar-refractivity contribution in [1.29, 1.82) is 0 Å². The van der Waals surface area contributed by atoms with Gasteiger partial charge in [0.05, 0.1) is 18.1 Å². The van der Waals surface area contributed by atoms with E-state index in [-0.39, 0.29) is 25.0 Å². The van der Waals surface area contributed by atoms with Gasteiger partial charge in [0.2, 0.25) is 0 Å². The molecule has 6 nitrogen and oxygen atoms in total. The fraction of sp³-hybridized carbons (Fsp3) is 0.364. The van der Waals surface area contributed by atoms with Crippen molar-refractivity contribution < 1.29 is 24.2 Å². The van der Waals surface area contributed by atoms with E-state index in [1.807, 2.05) is 24.3 Å². The lowest BCUT2D eigenvalue weighted by Crippen LogP contribution is -2.54. The summed E-state index contributed by atoms with van der Waals surface area (Å²) >= 11 is 0. The van der Waals surface area contributed by atoms with Crippen LogP contribution in [0, 0.1) is 0 Å². The van der Waals surface area contributed by atoms with E-state index in [0.717, 1.165) is 22.3 Å². The number of nitrogens with one attached hydrogen (secondary N) is 1. The summed E-state index contributed by atoms with van der Waals surface area (Å²) < 4.78 is 11.1. The molecule has 1 saturated heterocycles. The molecule has 2 aromatic carbocycles. The first-order chi connectivity index (χ1) is 13.5. The van der Waals surface area contributed by atoms with Crippen LogP contribution < -0.4 is 5.32 Å². The third kappa shape index (κ3) is 3.24. The van der Waals surface area contributed by atoms with E-state index in [4.69, 9.17) is 9.47 Å². The number of carboxylic acid groups (broad SMARTS) is 1. The van der Waals surface area contributed by atoms with Gasteiger partial charge in [0.25, 0.3) is 0 Å². The SMILES string of the molecule is CC1OCCC1(CC(=O)O)NC(=O)OCC1c2ccccc2-c2ccccc21. The molecule has 1 aliphatic carbocycles. The van der Waals surface area contributed by atoms with E-state index in [0.29, 0.717) is 13.0 Å². The molecular formula is C22H23NO5. The van der Waals surface area contributed by atoms with Gasteiger partial charge in [-0.15, -0.1) is 0 Å². The molecule has 2 N–H and O–H groups in total. The highest BCUT2D eigenvalue weighted by Gasteiger charge is 2.45. The van der Waals surface area contributed by atoms with Gasteiger partial charge >= 0.3 is 12.1 Å². The van der Waals surface area contributed by atoms with Crippen LogP contribution in [0.2, 0.25) is 0 Å². The van der Waals surface area contributed by atoms with Gasteiger partial charge in [0.15, 0.2) is 0 Å². The highest BCUT2D eigenvalue weighted by molar-refractivity contribution is 5.79. The number of amides is 1. The summed E-state index contributed by atoms with van der Waals surface area (Å²) in [4.78, 5) is 23.8. The van der Waals surface area contributed by atoms with E-state index in [2.05, 4.69) is 29.6 Å². The van der Waals surface area contributed by atoms with Gasteiger partial charge in [-0.2, -0.15) is 0 Å². The molecule has 2 unspecified atom stereocenters. The smallest absolute Gasteiger partial charge is 0.407 e. The number of alkyl carbamates (subject to hydrolysis) is 1. The maximum Gasteiger partial charge on any atom is 0.407 e. The summed E-state index contributed by atoms with van der Waals surface area (Å²) in [5.41, 5.74) is 3.65. The van der Waals surface area contributed by atoms with Gasteiger partial charge in [0.1, 0.15) is 6.61 Å². The number of hydrogen-bond acceptors (Lipinski definition) is 4. The maximum absolute atomic E-state index is 12.5. The fourth-order valence-corrected chi connectivity index (χ4v) is 4.33. The Morgan fingerprint density at radius 1 is 1.14 bits per heavy atom. The molecule has 4 rings (SSSR count). The number of aliphatic carboxylic acids is 1. The van der Waals surface area contributed by atoms with Crippen LogP contribution in [0.3, 0.4) is 0 Å². The minimum Gasteiger partial charge on any atom is -0.481 e. The lowest BCUT2D eigenvalue weighted by molar-refractivity contribution is -0.139. The van der Waals surface area contributed by atoms with Gasteiger partial charge in [-0.3, -0.25) is 4.79 Å². The second-order valence-corrected chi connectivity index (χ2v) is 7.44. The molecule has 0 spiro atoms. The number of carboxylic acids is 1. The first-order valence-corrected chi connectivity index (χ1v) is 9.47. The van der Waals surface area contributed by atoms with E-state index in [1.54, 1.807) is 6.92 Å². The Morgan fingerprint density at radius 3 is 2.29 bits per heavy atom. The second kappa shape index (κ2) is 7.28. The maximum atomic E-state index is 12.5. The number of hydrogen-bond donors (Lipinski definition) is 2. The van der Waals surface area contributed by atoms with Crippen LogP contribution in [-0.4, -0.2) is 42.0 Å². The van der Waals surface area contributed by atoms with E-state index < -0.39 is 17.6 Å². The van der Waals surface area contributed by atoms with Gasteiger partial charge in [-0.05, 0) is 35.6 Å². The predicted molar refractivity (Wildman–Crippen MR) is 103 cm³/mol. The van der Waals surface area contributed by atoms with Gasteiger partial charge in [0, 0.05) is 12.5 Å². The molecule has 1 amide bonds. The lowest BCUT2D eigenvalue weighted by atomic mass is 9.88. The summed E-state index contributed by atoms with van der Waals surface area (Å²) in [6.07, 6.45) is -0.743. The Balaban J connectivity index is 1.49. The minimum atomic E-state index is -0.976. The molecule has 1 heterocycles. The first-order valence-electron chi connectivity index (χ1n) is 9.47. The standard InChI is InChI=1S/C22H23NO5/c1-14-22(10-11-27-14,12-20(24)25)23-21(26)28-13-19-17-8-4-2-6-15(17)16-7-3-5-9-18(16)19/h2-9,14,19H,10-13H2,1H3,(H,23,26)(H,24,25). The third-order valence-corrected chi connectivity index (χ3v) is 5.86. The number of fused-ring (bicyclic) bond motifs is 3. The van der Waals surface area contributed by atoms with Crippen molar-refractivity contribution in [2.45, 2.75) is 37.3 Å². The molecule has 0 radical (unpaired) electrons. The van der Waals surface area contributed by atoms with E-state index in [9.17, 15) is 14.7 Å². The molecule has 0 aromatic heterocycles. The monoisotopic (exact) mass is 381 g/mol. The summed E-state index contributed by atoms with van der Waals surface area (Å²) in [6.45, 7) is 2.38. The second-order valence-electron chi connectivity index (χ2n) is 7.44. The molecule has 1 fully saturated rings. The Morgan fingerprint density at radius 2 is 1.75 bits per heavy atom. The number of benzene rings is 2. The van der Waals surface area contributed by atoms with Gasteiger partial charge in [-0.1, -0.05) is 48.5 Å². The number of carbonyl (C=O) groups excluding carboxylic acids is 1. The Labute approximate surface area is 163 Å². The van der Waals surface area contributed by atoms with Crippen molar-refractivity contribution in [1.82, 2.24) is 5.32 Å². The lowest BCUT2D eigenvalue weighted by Gasteiger charge is -2.31. The van der Waals surface area contributed by atoms with Crippen molar-refractivity contribution in [3.8, 4) is 11.1 Å². The number of ether oxygens (including phenoxy) is 2. The average Bonchev–Trinajstić information content (AvgIpc) is 3.18. The summed E-state index contributed by atoms with van der Waals surface area (Å²) in [5, 5.41) is 12.0. The molecule has 2 atom stereocenters. The Kier molecular flexibility index (Phi) is 4.81. The van der Waals surface area contributed by atoms with Crippen LogP contribution in [0.4, 0.5) is 4.79 Å². The summed E-state index contributed by atoms with van der Waals surface area (Å²) in [7, 11) is 0. The van der Waals surface area contributed by atoms with E-state index in [1.165, 1.54) is 0 Å². The molecule has 6 heteroatoms. The molecule has 2 aliphatic rings. The van der Waals surface area contributed by atoms with Crippen LogP contribution in [-0.2, 0) is 14.3 Å². The zero-order valence-corrected chi connectivity index (χ0v) is 15.7. The van der Waals surface area contributed by atoms with Crippen molar-refractivity contribution in [2.24, 2.45) is 0 Å². The summed E-state index contributed by atoms with van der Waals surface area (Å²) in [5.74, 6) is -1.01.